The predicted octanol–water partition coefficient (Wildman–Crippen LogP) is -0.0542. The summed E-state index contributed by atoms with van der Waals surface area (Å²) in [5.41, 5.74) is 1.05. The van der Waals surface area contributed by atoms with Gasteiger partial charge >= 0.3 is 10.3 Å². The first-order valence-corrected chi connectivity index (χ1v) is 14.0. The second kappa shape index (κ2) is 11.6. The number of aliphatic hydroxyl groups excluding tert-OH is 2. The Kier molecular flexibility index (Phi) is 8.44. The Hall–Kier alpha value is -3.34. The first kappa shape index (κ1) is 27.7. The van der Waals surface area contributed by atoms with Crippen LogP contribution in [0.25, 0.3) is 0 Å². The minimum absolute atomic E-state index is 0.0899. The van der Waals surface area contributed by atoms with Gasteiger partial charge in [0.05, 0.1) is 41.7 Å². The number of aromatic nitrogens is 4. The molecule has 1 fully saturated rings. The minimum atomic E-state index is -4.21. The molecule has 3 aromatic rings. The number of carbonyl (C=O) groups excluding carboxylic acids is 1. The van der Waals surface area contributed by atoms with Crippen LogP contribution in [0.1, 0.15) is 28.0 Å². The summed E-state index contributed by atoms with van der Waals surface area (Å²) in [6.07, 6.45) is 1.72. The van der Waals surface area contributed by atoms with E-state index >= 15 is 0 Å². The van der Waals surface area contributed by atoms with E-state index in [4.69, 9.17) is 5.14 Å². The van der Waals surface area contributed by atoms with Crippen molar-refractivity contribution < 1.29 is 31.8 Å². The SMILES string of the molecule is C=C[S@@](=O)c1cccc(Cn2ccc(C(=O)c3cncnc3N[C@@H]3C[C@H](COS(N)(=O)=O)[C@@H](O)[C@H]3O)n2)c1. The van der Waals surface area contributed by atoms with E-state index in [2.05, 4.69) is 31.1 Å². The monoisotopic (exact) mass is 562 g/mol. The van der Waals surface area contributed by atoms with Crippen molar-refractivity contribution in [1.29, 1.82) is 0 Å². The summed E-state index contributed by atoms with van der Waals surface area (Å²) in [7, 11) is -5.52. The van der Waals surface area contributed by atoms with Crippen LogP contribution in [0.4, 0.5) is 5.82 Å². The zero-order chi connectivity index (χ0) is 27.4. The number of nitrogens with two attached hydrogens (primary N) is 1. The van der Waals surface area contributed by atoms with E-state index in [0.717, 1.165) is 5.56 Å². The summed E-state index contributed by atoms with van der Waals surface area (Å²) >= 11 is 0. The molecule has 1 aliphatic rings. The van der Waals surface area contributed by atoms with Crippen LogP contribution < -0.4 is 10.5 Å². The Morgan fingerprint density at radius 1 is 1.32 bits per heavy atom. The van der Waals surface area contributed by atoms with Crippen molar-refractivity contribution in [2.24, 2.45) is 11.1 Å². The molecular formula is C23H26N6O7S2. The Bertz CT molecular complexity index is 1460. The van der Waals surface area contributed by atoms with Gasteiger partial charge in [-0.05, 0) is 30.2 Å². The summed E-state index contributed by atoms with van der Waals surface area (Å²) in [6, 6.07) is 7.92. The van der Waals surface area contributed by atoms with Crippen molar-refractivity contribution in [3.63, 3.8) is 0 Å². The molecule has 13 nitrogen and oxygen atoms in total. The van der Waals surface area contributed by atoms with Crippen molar-refractivity contribution >= 4 is 32.7 Å². The van der Waals surface area contributed by atoms with E-state index in [1.165, 1.54) is 17.9 Å². The number of carbonyl (C=O) groups is 1. The average Bonchev–Trinajstić information content (AvgIpc) is 3.46. The molecule has 0 unspecified atom stereocenters. The zero-order valence-electron chi connectivity index (χ0n) is 20.0. The Labute approximate surface area is 221 Å². The number of hydrogen-bond donors (Lipinski definition) is 4. The number of aliphatic hydroxyl groups is 2. The van der Waals surface area contributed by atoms with Crippen molar-refractivity contribution in [2.45, 2.75) is 36.1 Å². The van der Waals surface area contributed by atoms with E-state index in [1.807, 2.05) is 6.07 Å². The molecular weight excluding hydrogens is 536 g/mol. The van der Waals surface area contributed by atoms with E-state index in [0.29, 0.717) is 11.4 Å². The topological polar surface area (TPSA) is 200 Å². The fourth-order valence-corrected chi connectivity index (χ4v) is 5.20. The molecule has 1 aliphatic carbocycles. The van der Waals surface area contributed by atoms with Crippen LogP contribution in [0.3, 0.4) is 0 Å². The van der Waals surface area contributed by atoms with Crippen LogP contribution in [0, 0.1) is 5.92 Å². The maximum absolute atomic E-state index is 13.3. The molecule has 0 saturated heterocycles. The fourth-order valence-electron chi connectivity index (χ4n) is 4.16. The predicted molar refractivity (Wildman–Crippen MR) is 136 cm³/mol. The van der Waals surface area contributed by atoms with Gasteiger partial charge in [-0.1, -0.05) is 18.7 Å². The molecule has 2 heterocycles. The molecule has 1 aromatic carbocycles. The highest BCUT2D eigenvalue weighted by atomic mass is 32.2. The average molecular weight is 563 g/mol. The summed E-state index contributed by atoms with van der Waals surface area (Å²) in [5, 5.41) is 34.3. The summed E-state index contributed by atoms with van der Waals surface area (Å²) in [4.78, 5) is 21.9. The van der Waals surface area contributed by atoms with Gasteiger partial charge in [-0.15, -0.1) is 0 Å². The highest BCUT2D eigenvalue weighted by Crippen LogP contribution is 2.30. The molecule has 0 aliphatic heterocycles. The zero-order valence-corrected chi connectivity index (χ0v) is 21.6. The number of anilines is 1. The van der Waals surface area contributed by atoms with Gasteiger partial charge in [0.1, 0.15) is 23.9 Å². The lowest BCUT2D eigenvalue weighted by Gasteiger charge is -2.19. The van der Waals surface area contributed by atoms with Gasteiger partial charge in [0.25, 0.3) is 0 Å². The largest absolute Gasteiger partial charge is 0.390 e. The number of benzene rings is 1. The Balaban J connectivity index is 1.47. The molecule has 2 aromatic heterocycles. The van der Waals surface area contributed by atoms with Gasteiger partial charge < -0.3 is 15.5 Å². The smallest absolute Gasteiger partial charge is 0.333 e. The number of nitrogens with one attached hydrogen (secondary N) is 1. The van der Waals surface area contributed by atoms with E-state index < -0.39 is 57.7 Å². The summed E-state index contributed by atoms with van der Waals surface area (Å²) in [6.45, 7) is 3.47. The Morgan fingerprint density at radius 2 is 2.11 bits per heavy atom. The van der Waals surface area contributed by atoms with Crippen LogP contribution in [-0.4, -0.2) is 73.2 Å². The standard InChI is InChI=1S/C23H26N6O7S2/c1-2-37(33)16-5-3-4-14(8-16)11-29-7-6-18(28-29)21(31)17-10-25-13-26-23(17)27-19-9-15(20(30)22(19)32)12-36-38(24,34)35/h2-8,10,13,15,19-20,22,30,32H,1,9,11-12H2,(H2,24,34,35)(H,25,26,27)/t15-,19-,20-,22+,37-/m1/s1. The third-order valence-corrected chi connectivity index (χ3v) is 7.51. The van der Waals surface area contributed by atoms with E-state index in [-0.39, 0.29) is 23.5 Å². The van der Waals surface area contributed by atoms with Crippen molar-refractivity contribution in [1.82, 2.24) is 19.7 Å². The molecule has 38 heavy (non-hydrogen) atoms. The number of rotatable bonds is 11. The summed E-state index contributed by atoms with van der Waals surface area (Å²) < 4.78 is 40.3. The first-order valence-electron chi connectivity index (χ1n) is 11.4. The van der Waals surface area contributed by atoms with Crippen LogP contribution in [-0.2, 0) is 31.8 Å². The van der Waals surface area contributed by atoms with Crippen molar-refractivity contribution in [3.8, 4) is 0 Å². The van der Waals surface area contributed by atoms with Gasteiger partial charge in [0.2, 0.25) is 5.78 Å². The highest BCUT2D eigenvalue weighted by molar-refractivity contribution is 7.88. The molecule has 5 atom stereocenters. The third-order valence-electron chi connectivity index (χ3n) is 6.03. The summed E-state index contributed by atoms with van der Waals surface area (Å²) in [5.74, 6) is -1.08. The fraction of sp³-hybridized carbons (Fsp3) is 0.304. The van der Waals surface area contributed by atoms with Crippen LogP contribution in [0.5, 0.6) is 0 Å². The second-order valence-corrected chi connectivity index (χ2v) is 11.3. The lowest BCUT2D eigenvalue weighted by atomic mass is 10.1. The van der Waals surface area contributed by atoms with Crippen molar-refractivity contribution in [2.75, 3.05) is 11.9 Å². The number of ketones is 1. The molecule has 0 amide bonds. The molecule has 15 heteroatoms. The highest BCUT2D eigenvalue weighted by Gasteiger charge is 2.42. The van der Waals surface area contributed by atoms with Gasteiger partial charge in [0.15, 0.2) is 0 Å². The Morgan fingerprint density at radius 3 is 2.84 bits per heavy atom. The quantitative estimate of drug-likeness (QED) is 0.228. The van der Waals surface area contributed by atoms with Crippen LogP contribution in [0.15, 0.2) is 65.9 Å². The lowest BCUT2D eigenvalue weighted by molar-refractivity contribution is 0.00778. The van der Waals surface area contributed by atoms with Gasteiger partial charge in [-0.2, -0.15) is 13.5 Å². The molecule has 4 rings (SSSR count). The van der Waals surface area contributed by atoms with Gasteiger partial charge in [0, 0.05) is 28.6 Å². The third kappa shape index (κ3) is 6.56. The van der Waals surface area contributed by atoms with E-state index in [9.17, 15) is 27.6 Å². The van der Waals surface area contributed by atoms with Crippen molar-refractivity contribution in [3.05, 3.63) is 77.9 Å². The maximum atomic E-state index is 13.3. The maximum Gasteiger partial charge on any atom is 0.333 e. The number of hydrogen-bond acceptors (Lipinski definition) is 11. The molecule has 0 radical (unpaired) electrons. The van der Waals surface area contributed by atoms with Crippen LogP contribution >= 0.6 is 0 Å². The van der Waals surface area contributed by atoms with Gasteiger partial charge in [-0.3, -0.25) is 13.7 Å². The number of nitrogens with zero attached hydrogens (tertiary/aromatic N) is 4. The van der Waals surface area contributed by atoms with E-state index in [1.54, 1.807) is 35.1 Å². The van der Waals surface area contributed by atoms with Crippen LogP contribution in [0.2, 0.25) is 0 Å². The minimum Gasteiger partial charge on any atom is -0.390 e. The van der Waals surface area contributed by atoms with Gasteiger partial charge in [-0.25, -0.2) is 19.3 Å². The molecule has 0 bridgehead atoms. The molecule has 1 saturated carbocycles. The molecule has 5 N–H and O–H groups in total. The lowest BCUT2D eigenvalue weighted by Crippen LogP contribution is -2.36. The second-order valence-electron chi connectivity index (χ2n) is 8.63. The molecule has 0 spiro atoms. The normalized spacial score (nSPS) is 22.2. The first-order chi connectivity index (χ1) is 18.1. The molecule has 202 valence electrons.